The lowest BCUT2D eigenvalue weighted by molar-refractivity contribution is 0.334. The summed E-state index contributed by atoms with van der Waals surface area (Å²) in [5.74, 6) is 0. The van der Waals surface area contributed by atoms with Crippen molar-refractivity contribution in [2.75, 3.05) is 6.61 Å². The normalized spacial score (nSPS) is 9.17. The first-order valence-electron chi connectivity index (χ1n) is 4.45. The van der Waals surface area contributed by atoms with Crippen LogP contribution in [0.3, 0.4) is 0 Å². The minimum atomic E-state index is -0.111. The van der Waals surface area contributed by atoms with Crippen LogP contribution < -0.4 is 0 Å². The summed E-state index contributed by atoms with van der Waals surface area (Å²) in [5, 5.41) is 5.40. The van der Waals surface area contributed by atoms with E-state index in [1.807, 2.05) is 0 Å². The van der Waals surface area contributed by atoms with Crippen molar-refractivity contribution in [3.8, 4) is 0 Å². The second-order valence-electron chi connectivity index (χ2n) is 2.42. The highest BCUT2D eigenvalue weighted by Crippen LogP contribution is 1.93. The Morgan fingerprint density at radius 1 is 1.42 bits per heavy atom. The summed E-state index contributed by atoms with van der Waals surface area (Å²) in [6.07, 6.45) is 4.62. The average Bonchev–Trinajstić information content (AvgIpc) is 2.06. The number of carbonyl (C=O) groups excluding carboxylic acids is 1. The van der Waals surface area contributed by atoms with Gasteiger partial charge in [0.25, 0.3) is 0 Å². The molecule has 0 aromatic heterocycles. The van der Waals surface area contributed by atoms with Gasteiger partial charge in [0.1, 0.15) is 0 Å². The van der Waals surface area contributed by atoms with E-state index in [2.05, 4.69) is 13.8 Å². The minimum Gasteiger partial charge on any atom is -0.424 e. The van der Waals surface area contributed by atoms with E-state index in [1.54, 1.807) is 0 Å². The lowest BCUT2D eigenvalue weighted by Gasteiger charge is -1.98. The van der Waals surface area contributed by atoms with Crippen LogP contribution in [0.5, 0.6) is 0 Å². The Labute approximate surface area is 77.0 Å². The largest absolute Gasteiger partial charge is 0.424 e. The van der Waals surface area contributed by atoms with Crippen LogP contribution in [0.4, 0.5) is 0 Å². The lowest BCUT2D eigenvalue weighted by Crippen LogP contribution is -1.98. The first-order valence-corrected chi connectivity index (χ1v) is 6.02. The predicted molar refractivity (Wildman–Crippen MR) is 52.9 cm³/mol. The zero-order valence-corrected chi connectivity index (χ0v) is 9.47. The first-order chi connectivity index (χ1) is 5.83. The highest BCUT2D eigenvalue weighted by Gasteiger charge is 1.86. The van der Waals surface area contributed by atoms with Gasteiger partial charge in [-0.1, -0.05) is 26.7 Å². The average molecular weight is 189 g/mol. The fourth-order valence-corrected chi connectivity index (χ4v) is 2.10. The van der Waals surface area contributed by atoms with Gasteiger partial charge in [-0.25, -0.2) is 10.2 Å². The van der Waals surface area contributed by atoms with E-state index in [0.717, 1.165) is 12.7 Å². The molecule has 1 N–H and O–H groups in total. The summed E-state index contributed by atoms with van der Waals surface area (Å²) >= 11 is 0. The van der Waals surface area contributed by atoms with Crippen LogP contribution in [0.2, 0.25) is 6.04 Å². The molecule has 0 amide bonds. The van der Waals surface area contributed by atoms with E-state index >= 15 is 0 Å². The number of nitrogens with one attached hydrogen (secondary N) is 1. The van der Waals surface area contributed by atoms with Gasteiger partial charge in [0.15, 0.2) is 9.76 Å². The predicted octanol–water partition coefficient (Wildman–Crippen LogP) is 1.62. The van der Waals surface area contributed by atoms with Crippen molar-refractivity contribution >= 4 is 15.8 Å². The third-order valence-electron chi connectivity index (χ3n) is 1.24. The summed E-state index contributed by atoms with van der Waals surface area (Å²) in [6.45, 7) is 5.39. The molecular weight excluding hydrogens is 170 g/mol. The van der Waals surface area contributed by atoms with Crippen molar-refractivity contribution in [3.05, 3.63) is 0 Å². The number of hydrogen-bond donors (Lipinski definition) is 1. The topological polar surface area (TPSA) is 50.1 Å². The molecule has 0 aromatic carbocycles. The molecule has 0 aliphatic heterocycles. The molecule has 72 valence electrons. The number of hydrogen-bond acceptors (Lipinski definition) is 3. The molecule has 0 saturated carbocycles. The van der Waals surface area contributed by atoms with Crippen LogP contribution in [-0.4, -0.2) is 22.4 Å². The summed E-state index contributed by atoms with van der Waals surface area (Å²) in [6, 6.07) is 1.37. The third-order valence-corrected chi connectivity index (χ3v) is 2.61. The number of unbranched alkanes of at least 4 members (excludes halogenated alkanes) is 1. The second kappa shape index (κ2) is 16.9. The highest BCUT2D eigenvalue weighted by molar-refractivity contribution is 6.26. The SMILES string of the molecule is CCCC[SiH2]OCCC.N=C=O. The fraction of sp³-hybridized carbons (Fsp3) is 0.875. The van der Waals surface area contributed by atoms with Crippen molar-refractivity contribution in [1.29, 1.82) is 5.41 Å². The second-order valence-corrected chi connectivity index (χ2v) is 3.95. The number of rotatable bonds is 6. The monoisotopic (exact) mass is 189 g/mol. The van der Waals surface area contributed by atoms with Crippen LogP contribution in [-0.2, 0) is 9.22 Å². The molecule has 0 unspecified atom stereocenters. The molecule has 0 spiro atoms. The van der Waals surface area contributed by atoms with E-state index in [-0.39, 0.29) is 9.76 Å². The molecule has 0 radical (unpaired) electrons. The Kier molecular flexibility index (Phi) is 19.8. The van der Waals surface area contributed by atoms with Crippen LogP contribution in [0.1, 0.15) is 33.1 Å². The van der Waals surface area contributed by atoms with Gasteiger partial charge in [0.2, 0.25) is 6.08 Å². The number of isocyanates is 1. The van der Waals surface area contributed by atoms with Gasteiger partial charge in [-0.05, 0) is 12.5 Å². The van der Waals surface area contributed by atoms with Gasteiger partial charge in [0, 0.05) is 6.61 Å². The standard InChI is InChI=1S/C7H18OSi.CHNO/c1-3-5-7-9-8-6-4-2;2-1-3/h3-7,9H2,1-2H3;2H. The molecule has 0 saturated heterocycles. The van der Waals surface area contributed by atoms with Crippen molar-refractivity contribution in [3.63, 3.8) is 0 Å². The van der Waals surface area contributed by atoms with E-state index in [1.165, 1.54) is 25.3 Å². The Balaban J connectivity index is 0. The molecule has 0 aliphatic rings. The Hall–Kier alpha value is -0.443. The van der Waals surface area contributed by atoms with Crippen molar-refractivity contribution < 1.29 is 9.22 Å². The molecule has 0 fully saturated rings. The Morgan fingerprint density at radius 2 is 2.00 bits per heavy atom. The molecule has 0 atom stereocenters. The molecule has 0 aliphatic carbocycles. The summed E-state index contributed by atoms with van der Waals surface area (Å²) in [5.41, 5.74) is 0. The highest BCUT2D eigenvalue weighted by atomic mass is 28.2. The smallest absolute Gasteiger partial charge is 0.231 e. The molecular formula is C8H19NO2Si. The molecule has 0 aromatic rings. The Morgan fingerprint density at radius 3 is 2.42 bits per heavy atom. The van der Waals surface area contributed by atoms with Crippen LogP contribution >= 0.6 is 0 Å². The maximum absolute atomic E-state index is 8.35. The van der Waals surface area contributed by atoms with Gasteiger partial charge in [-0.15, -0.1) is 0 Å². The maximum atomic E-state index is 8.35. The van der Waals surface area contributed by atoms with Crippen LogP contribution in [0.25, 0.3) is 0 Å². The lowest BCUT2D eigenvalue weighted by atomic mass is 10.4. The van der Waals surface area contributed by atoms with Crippen molar-refractivity contribution in [2.45, 2.75) is 39.2 Å². The van der Waals surface area contributed by atoms with Crippen LogP contribution in [0.15, 0.2) is 0 Å². The summed E-state index contributed by atoms with van der Waals surface area (Å²) in [7, 11) is -0.111. The zero-order valence-electron chi connectivity index (χ0n) is 8.06. The van der Waals surface area contributed by atoms with Crippen molar-refractivity contribution in [2.24, 2.45) is 0 Å². The van der Waals surface area contributed by atoms with Gasteiger partial charge in [-0.3, -0.25) is 0 Å². The molecule has 4 heteroatoms. The molecule has 0 bridgehead atoms. The van der Waals surface area contributed by atoms with Gasteiger partial charge < -0.3 is 4.43 Å². The molecule has 0 heterocycles. The molecule has 12 heavy (non-hydrogen) atoms. The van der Waals surface area contributed by atoms with Gasteiger partial charge >= 0.3 is 0 Å². The molecule has 0 rings (SSSR count). The van der Waals surface area contributed by atoms with E-state index in [9.17, 15) is 0 Å². The van der Waals surface area contributed by atoms with E-state index in [4.69, 9.17) is 14.6 Å². The Bertz CT molecular complexity index is 97.2. The van der Waals surface area contributed by atoms with E-state index in [0.29, 0.717) is 0 Å². The quantitative estimate of drug-likeness (QED) is 0.299. The van der Waals surface area contributed by atoms with Crippen molar-refractivity contribution in [1.82, 2.24) is 0 Å². The molecule has 3 nitrogen and oxygen atoms in total. The summed E-state index contributed by atoms with van der Waals surface area (Å²) in [4.78, 5) is 8.35. The van der Waals surface area contributed by atoms with Gasteiger partial charge in [0.05, 0.1) is 0 Å². The third kappa shape index (κ3) is 22.7. The summed E-state index contributed by atoms with van der Waals surface area (Å²) < 4.78 is 5.42. The minimum absolute atomic E-state index is 0.111. The maximum Gasteiger partial charge on any atom is 0.231 e. The van der Waals surface area contributed by atoms with E-state index < -0.39 is 0 Å². The van der Waals surface area contributed by atoms with Crippen LogP contribution in [0, 0.1) is 5.41 Å². The van der Waals surface area contributed by atoms with Gasteiger partial charge in [-0.2, -0.15) is 0 Å². The fourth-order valence-electron chi connectivity index (χ4n) is 0.701. The zero-order chi connectivity index (χ0) is 9.66. The first kappa shape index (κ1) is 14.1.